The summed E-state index contributed by atoms with van der Waals surface area (Å²) < 4.78 is 11.4. The zero-order valence-electron chi connectivity index (χ0n) is 12.3. The van der Waals surface area contributed by atoms with Gasteiger partial charge in [-0.25, -0.2) is 0 Å². The van der Waals surface area contributed by atoms with E-state index in [1.165, 1.54) is 0 Å². The molecule has 0 unspecified atom stereocenters. The maximum absolute atomic E-state index is 11.2. The monoisotopic (exact) mass is 280 g/mol. The third-order valence-electron chi connectivity index (χ3n) is 2.85. The molecule has 0 saturated carbocycles. The first-order valence-corrected chi connectivity index (χ1v) is 7.01. The summed E-state index contributed by atoms with van der Waals surface area (Å²) in [5.41, 5.74) is 6.66. The summed E-state index contributed by atoms with van der Waals surface area (Å²) in [6.45, 7) is 3.56. The first-order chi connectivity index (χ1) is 9.72. The summed E-state index contributed by atoms with van der Waals surface area (Å²) in [6, 6.07) is 5.81. The van der Waals surface area contributed by atoms with E-state index in [-0.39, 0.29) is 5.91 Å². The molecule has 1 amide bonds. The second kappa shape index (κ2) is 9.20. The number of para-hydroxylation sites is 1. The lowest BCUT2D eigenvalue weighted by Crippen LogP contribution is -2.18. The van der Waals surface area contributed by atoms with Crippen LogP contribution in [0, 0.1) is 0 Å². The zero-order valence-corrected chi connectivity index (χ0v) is 12.3. The van der Waals surface area contributed by atoms with Gasteiger partial charge in [-0.1, -0.05) is 12.1 Å². The predicted molar refractivity (Wildman–Crippen MR) is 79.2 cm³/mol. The van der Waals surface area contributed by atoms with Gasteiger partial charge < -0.3 is 20.5 Å². The maximum atomic E-state index is 11.2. The SMILES string of the molecule is CCOc1cccc(CCN)c1OCCCC(=O)NC. The van der Waals surface area contributed by atoms with Gasteiger partial charge in [-0.3, -0.25) is 4.79 Å². The highest BCUT2D eigenvalue weighted by molar-refractivity contribution is 5.75. The number of hydrogen-bond donors (Lipinski definition) is 2. The van der Waals surface area contributed by atoms with E-state index in [1.54, 1.807) is 7.05 Å². The van der Waals surface area contributed by atoms with Crippen molar-refractivity contribution in [1.29, 1.82) is 0 Å². The number of carbonyl (C=O) groups is 1. The Morgan fingerprint density at radius 3 is 2.80 bits per heavy atom. The number of rotatable bonds is 9. The fourth-order valence-corrected chi connectivity index (χ4v) is 1.88. The number of ether oxygens (including phenoxy) is 2. The Hall–Kier alpha value is -1.75. The first kappa shape index (κ1) is 16.3. The third-order valence-corrected chi connectivity index (χ3v) is 2.85. The molecule has 0 heterocycles. The molecule has 0 fully saturated rings. The van der Waals surface area contributed by atoms with E-state index in [0.29, 0.717) is 32.6 Å². The Bertz CT molecular complexity index is 397. The van der Waals surface area contributed by atoms with Crippen molar-refractivity contribution in [3.8, 4) is 11.5 Å². The Morgan fingerprint density at radius 2 is 2.15 bits per heavy atom. The summed E-state index contributed by atoms with van der Waals surface area (Å²) >= 11 is 0. The number of carbonyl (C=O) groups excluding carboxylic acids is 1. The van der Waals surface area contributed by atoms with Crippen LogP contribution in [0.15, 0.2) is 18.2 Å². The largest absolute Gasteiger partial charge is 0.490 e. The van der Waals surface area contributed by atoms with Crippen LogP contribution in [0.25, 0.3) is 0 Å². The molecule has 0 spiro atoms. The molecule has 5 heteroatoms. The molecular formula is C15H24N2O3. The van der Waals surface area contributed by atoms with Crippen molar-refractivity contribution < 1.29 is 14.3 Å². The van der Waals surface area contributed by atoms with E-state index in [1.807, 2.05) is 25.1 Å². The van der Waals surface area contributed by atoms with E-state index < -0.39 is 0 Å². The molecule has 3 N–H and O–H groups in total. The van der Waals surface area contributed by atoms with Crippen molar-refractivity contribution in [2.24, 2.45) is 5.73 Å². The van der Waals surface area contributed by atoms with E-state index in [0.717, 1.165) is 23.5 Å². The van der Waals surface area contributed by atoms with Crippen LogP contribution in [0.4, 0.5) is 0 Å². The summed E-state index contributed by atoms with van der Waals surface area (Å²) in [6.07, 6.45) is 1.87. The number of hydrogen-bond acceptors (Lipinski definition) is 4. The molecule has 112 valence electrons. The minimum absolute atomic E-state index is 0.0221. The Morgan fingerprint density at radius 1 is 1.35 bits per heavy atom. The average Bonchev–Trinajstić information content (AvgIpc) is 2.46. The second-order valence-corrected chi connectivity index (χ2v) is 4.34. The summed E-state index contributed by atoms with van der Waals surface area (Å²) in [5.74, 6) is 1.50. The van der Waals surface area contributed by atoms with Gasteiger partial charge in [-0.15, -0.1) is 0 Å². The lowest BCUT2D eigenvalue weighted by Gasteiger charge is -2.15. The van der Waals surface area contributed by atoms with Crippen molar-refractivity contribution in [3.05, 3.63) is 23.8 Å². The first-order valence-electron chi connectivity index (χ1n) is 7.01. The van der Waals surface area contributed by atoms with Gasteiger partial charge in [-0.05, 0) is 37.9 Å². The molecule has 0 aliphatic heterocycles. The van der Waals surface area contributed by atoms with E-state index in [2.05, 4.69) is 5.32 Å². The quantitative estimate of drug-likeness (QED) is 0.672. The lowest BCUT2D eigenvalue weighted by atomic mass is 10.1. The van der Waals surface area contributed by atoms with Crippen LogP contribution in [0.3, 0.4) is 0 Å². The molecule has 0 bridgehead atoms. The Balaban J connectivity index is 2.66. The van der Waals surface area contributed by atoms with Crippen molar-refractivity contribution in [1.82, 2.24) is 5.32 Å². The van der Waals surface area contributed by atoms with E-state index in [4.69, 9.17) is 15.2 Å². The number of nitrogens with two attached hydrogens (primary N) is 1. The Labute approximate surface area is 120 Å². The molecule has 20 heavy (non-hydrogen) atoms. The fraction of sp³-hybridized carbons (Fsp3) is 0.533. The van der Waals surface area contributed by atoms with E-state index >= 15 is 0 Å². The molecule has 1 rings (SSSR count). The van der Waals surface area contributed by atoms with Crippen molar-refractivity contribution >= 4 is 5.91 Å². The number of benzene rings is 1. The molecule has 0 radical (unpaired) electrons. The summed E-state index contributed by atoms with van der Waals surface area (Å²) in [5, 5.41) is 2.59. The highest BCUT2D eigenvalue weighted by Crippen LogP contribution is 2.31. The highest BCUT2D eigenvalue weighted by Gasteiger charge is 2.10. The summed E-state index contributed by atoms with van der Waals surface area (Å²) in [7, 11) is 1.63. The zero-order chi connectivity index (χ0) is 14.8. The summed E-state index contributed by atoms with van der Waals surface area (Å²) in [4.78, 5) is 11.2. The van der Waals surface area contributed by atoms with Crippen LogP contribution in [0.1, 0.15) is 25.3 Å². The predicted octanol–water partition coefficient (Wildman–Crippen LogP) is 1.49. The van der Waals surface area contributed by atoms with E-state index in [9.17, 15) is 4.79 Å². The molecule has 0 aliphatic rings. The maximum Gasteiger partial charge on any atom is 0.219 e. The third kappa shape index (κ3) is 5.09. The van der Waals surface area contributed by atoms with Crippen LogP contribution < -0.4 is 20.5 Å². The van der Waals surface area contributed by atoms with Gasteiger partial charge in [0.25, 0.3) is 0 Å². The second-order valence-electron chi connectivity index (χ2n) is 4.34. The minimum Gasteiger partial charge on any atom is -0.490 e. The molecule has 0 aliphatic carbocycles. The molecule has 1 aromatic carbocycles. The van der Waals surface area contributed by atoms with Gasteiger partial charge in [0, 0.05) is 13.5 Å². The average molecular weight is 280 g/mol. The molecule has 0 saturated heterocycles. The number of amides is 1. The van der Waals surface area contributed by atoms with Crippen molar-refractivity contribution in [3.63, 3.8) is 0 Å². The van der Waals surface area contributed by atoms with Crippen LogP contribution in [0.2, 0.25) is 0 Å². The molecule has 5 nitrogen and oxygen atoms in total. The van der Waals surface area contributed by atoms with Crippen LogP contribution >= 0.6 is 0 Å². The topological polar surface area (TPSA) is 73.6 Å². The van der Waals surface area contributed by atoms with Gasteiger partial charge in [-0.2, -0.15) is 0 Å². The van der Waals surface area contributed by atoms with Gasteiger partial charge in [0.15, 0.2) is 11.5 Å². The molecule has 0 aromatic heterocycles. The van der Waals surface area contributed by atoms with Crippen molar-refractivity contribution in [2.75, 3.05) is 26.8 Å². The standard InChI is InChI=1S/C15H24N2O3/c1-3-19-13-7-4-6-12(9-10-16)15(13)20-11-5-8-14(18)17-2/h4,6-7H,3,5,8-11,16H2,1-2H3,(H,17,18). The minimum atomic E-state index is 0.0221. The Kier molecular flexibility index (Phi) is 7.50. The number of nitrogens with one attached hydrogen (secondary N) is 1. The lowest BCUT2D eigenvalue weighted by molar-refractivity contribution is -0.120. The molecular weight excluding hydrogens is 256 g/mol. The normalized spacial score (nSPS) is 10.2. The smallest absolute Gasteiger partial charge is 0.219 e. The molecule has 1 aromatic rings. The van der Waals surface area contributed by atoms with Gasteiger partial charge in [0.2, 0.25) is 5.91 Å². The molecule has 0 atom stereocenters. The van der Waals surface area contributed by atoms with Crippen LogP contribution in [-0.2, 0) is 11.2 Å². The van der Waals surface area contributed by atoms with Gasteiger partial charge in [0.1, 0.15) is 0 Å². The fourth-order valence-electron chi connectivity index (χ4n) is 1.88. The van der Waals surface area contributed by atoms with Crippen LogP contribution in [0.5, 0.6) is 11.5 Å². The highest BCUT2D eigenvalue weighted by atomic mass is 16.5. The van der Waals surface area contributed by atoms with Gasteiger partial charge in [0.05, 0.1) is 13.2 Å². The van der Waals surface area contributed by atoms with Crippen LogP contribution in [-0.4, -0.2) is 32.7 Å². The van der Waals surface area contributed by atoms with Gasteiger partial charge >= 0.3 is 0 Å². The van der Waals surface area contributed by atoms with Crippen molar-refractivity contribution in [2.45, 2.75) is 26.2 Å².